The van der Waals surface area contributed by atoms with Crippen LogP contribution < -0.4 is 0 Å². The van der Waals surface area contributed by atoms with Gasteiger partial charge < -0.3 is 0 Å². The number of hydrogen-bond acceptors (Lipinski definition) is 2. The minimum Gasteiger partial charge on any atom is -0.288 e. The van der Waals surface area contributed by atoms with Gasteiger partial charge in [0, 0.05) is 0 Å². The van der Waals surface area contributed by atoms with Crippen LogP contribution >= 0.6 is 11.3 Å². The van der Waals surface area contributed by atoms with E-state index in [1.54, 1.807) is 6.92 Å². The number of hydrogen-bond donors (Lipinski definition) is 0. The molecule has 0 bridgehead atoms. The second kappa shape index (κ2) is 3.96. The van der Waals surface area contributed by atoms with E-state index >= 15 is 0 Å². The lowest BCUT2D eigenvalue weighted by Crippen LogP contribution is -2.00. The maximum absolute atomic E-state index is 12.1. The Labute approximate surface area is 82.9 Å². The van der Waals surface area contributed by atoms with Crippen molar-refractivity contribution in [3.05, 3.63) is 34.0 Å². The molecule has 1 heterocycles. The monoisotopic (exact) mass is 220 g/mol. The second-order valence-corrected chi connectivity index (χ2v) is 3.61. The van der Waals surface area contributed by atoms with Crippen LogP contribution in [0.2, 0.25) is 0 Å². The molecule has 1 rings (SSSR count). The summed E-state index contributed by atoms with van der Waals surface area (Å²) in [4.78, 5) is 10.5. The minimum atomic E-state index is -4.36. The summed E-state index contributed by atoms with van der Waals surface area (Å²) in [5.74, 6) is -0.395. The van der Waals surface area contributed by atoms with Crippen LogP contribution in [-0.2, 0) is 6.18 Å². The van der Waals surface area contributed by atoms with Crippen molar-refractivity contribution in [2.24, 2.45) is 0 Å². The molecule has 0 atom stereocenters. The Morgan fingerprint density at radius 3 is 2.50 bits per heavy atom. The Bertz CT molecular complexity index is 362. The van der Waals surface area contributed by atoms with Gasteiger partial charge in [-0.05, 0) is 25.1 Å². The van der Waals surface area contributed by atoms with E-state index in [1.807, 2.05) is 0 Å². The lowest BCUT2D eigenvalue weighted by molar-refractivity contribution is -0.134. The van der Waals surface area contributed by atoms with Gasteiger partial charge in [0.05, 0.1) is 4.88 Å². The number of carbonyl (C=O) groups is 1. The lowest BCUT2D eigenvalue weighted by atomic mass is 10.3. The molecule has 0 saturated heterocycles. The summed E-state index contributed by atoms with van der Waals surface area (Å²) in [6.45, 7) is 1.64. The third-order valence-electron chi connectivity index (χ3n) is 1.45. The lowest BCUT2D eigenvalue weighted by Gasteiger charge is -2.00. The summed E-state index contributed by atoms with van der Waals surface area (Å²) in [5, 5.41) is 0. The van der Waals surface area contributed by atoms with Crippen molar-refractivity contribution in [2.75, 3.05) is 0 Å². The average molecular weight is 220 g/mol. The smallest absolute Gasteiger partial charge is 0.288 e. The maximum Gasteiger partial charge on any atom is 0.425 e. The molecule has 0 saturated carbocycles. The third-order valence-corrected chi connectivity index (χ3v) is 2.59. The zero-order chi connectivity index (χ0) is 10.8. The van der Waals surface area contributed by atoms with E-state index in [1.165, 1.54) is 18.2 Å². The van der Waals surface area contributed by atoms with Crippen LogP contribution in [0.25, 0.3) is 0 Å². The van der Waals surface area contributed by atoms with Crippen LogP contribution in [0.4, 0.5) is 13.2 Å². The van der Waals surface area contributed by atoms with Gasteiger partial charge in [0.1, 0.15) is 4.88 Å². The van der Waals surface area contributed by atoms with E-state index in [4.69, 9.17) is 0 Å². The van der Waals surface area contributed by atoms with Gasteiger partial charge in [-0.2, -0.15) is 13.2 Å². The number of carbonyl (C=O) groups excluding carboxylic acids is 1. The van der Waals surface area contributed by atoms with Gasteiger partial charge >= 0.3 is 6.18 Å². The Morgan fingerprint density at radius 1 is 1.43 bits per heavy atom. The molecule has 0 unspecified atom stereocenters. The Kier molecular flexibility index (Phi) is 3.10. The molecular weight excluding hydrogens is 213 g/mol. The maximum atomic E-state index is 12.1. The highest BCUT2D eigenvalue weighted by molar-refractivity contribution is 7.14. The summed E-state index contributed by atoms with van der Waals surface area (Å²) < 4.78 is 36.4. The fourth-order valence-electron chi connectivity index (χ4n) is 0.856. The molecule has 0 amide bonds. The van der Waals surface area contributed by atoms with Crippen LogP contribution in [0, 0.1) is 0 Å². The van der Waals surface area contributed by atoms with Crippen molar-refractivity contribution in [3.63, 3.8) is 0 Å². The third kappa shape index (κ3) is 2.45. The van der Waals surface area contributed by atoms with E-state index in [-0.39, 0.29) is 4.88 Å². The molecule has 76 valence electrons. The molecule has 0 radical (unpaired) electrons. The van der Waals surface area contributed by atoms with Gasteiger partial charge in [0.15, 0.2) is 5.78 Å². The number of rotatable bonds is 2. The van der Waals surface area contributed by atoms with Crippen LogP contribution in [-0.4, -0.2) is 5.78 Å². The molecule has 1 nitrogen and oxygen atoms in total. The first kappa shape index (κ1) is 11.0. The van der Waals surface area contributed by atoms with Gasteiger partial charge in [-0.15, -0.1) is 11.3 Å². The molecule has 1 aromatic heterocycles. The number of alkyl halides is 3. The Hall–Kier alpha value is -1.10. The Balaban J connectivity index is 2.94. The largest absolute Gasteiger partial charge is 0.425 e. The van der Waals surface area contributed by atoms with Crippen molar-refractivity contribution >= 4 is 17.1 Å². The van der Waals surface area contributed by atoms with E-state index in [0.717, 1.165) is 6.07 Å². The highest BCUT2D eigenvalue weighted by Gasteiger charge is 2.32. The molecule has 5 heteroatoms. The zero-order valence-electron chi connectivity index (χ0n) is 7.26. The van der Waals surface area contributed by atoms with Crippen LogP contribution in [0.15, 0.2) is 24.3 Å². The van der Waals surface area contributed by atoms with E-state index < -0.39 is 16.8 Å². The molecule has 0 N–H and O–H groups in total. The molecule has 1 aromatic rings. The summed E-state index contributed by atoms with van der Waals surface area (Å²) in [6, 6.07) is 2.11. The molecule has 0 aromatic carbocycles. The minimum absolute atomic E-state index is 0.107. The predicted molar refractivity (Wildman–Crippen MR) is 48.5 cm³/mol. The van der Waals surface area contributed by atoms with Crippen LogP contribution in [0.1, 0.15) is 21.5 Å². The summed E-state index contributed by atoms with van der Waals surface area (Å²) in [5.41, 5.74) is 0. The van der Waals surface area contributed by atoms with Gasteiger partial charge in [0.25, 0.3) is 0 Å². The van der Waals surface area contributed by atoms with Gasteiger partial charge in [-0.3, -0.25) is 4.79 Å². The standard InChI is InChI=1S/C9H7F3OS/c1-2-3-6(13)7-4-5-8(14-7)9(10,11)12/h2-5H,1H3/b3-2+. The summed E-state index contributed by atoms with van der Waals surface area (Å²) in [6.07, 6.45) is -1.62. The topological polar surface area (TPSA) is 17.1 Å². The second-order valence-electron chi connectivity index (χ2n) is 2.53. The molecule has 0 aliphatic rings. The fraction of sp³-hybridized carbons (Fsp3) is 0.222. The number of halogens is 3. The SMILES string of the molecule is C/C=C/C(=O)c1ccc(C(F)(F)F)s1. The number of thiophene rings is 1. The summed E-state index contributed by atoms with van der Waals surface area (Å²) in [7, 11) is 0. The fourth-order valence-corrected chi connectivity index (χ4v) is 1.65. The quantitative estimate of drug-likeness (QED) is 0.550. The van der Waals surface area contributed by atoms with E-state index in [0.29, 0.717) is 11.3 Å². The van der Waals surface area contributed by atoms with Crippen molar-refractivity contribution < 1.29 is 18.0 Å². The molecule has 0 fully saturated rings. The highest BCUT2D eigenvalue weighted by atomic mass is 32.1. The highest BCUT2D eigenvalue weighted by Crippen LogP contribution is 2.34. The normalized spacial score (nSPS) is 12.3. The first-order valence-electron chi connectivity index (χ1n) is 3.79. The number of ketones is 1. The van der Waals surface area contributed by atoms with Crippen molar-refractivity contribution in [1.29, 1.82) is 0 Å². The van der Waals surface area contributed by atoms with E-state index in [2.05, 4.69) is 0 Å². The first-order valence-corrected chi connectivity index (χ1v) is 4.61. The van der Waals surface area contributed by atoms with Crippen LogP contribution in [0.3, 0.4) is 0 Å². The average Bonchev–Trinajstić information content (AvgIpc) is 2.51. The first-order chi connectivity index (χ1) is 6.45. The van der Waals surface area contributed by atoms with E-state index in [9.17, 15) is 18.0 Å². The molecule has 0 spiro atoms. The van der Waals surface area contributed by atoms with Crippen molar-refractivity contribution in [2.45, 2.75) is 13.1 Å². The van der Waals surface area contributed by atoms with Crippen molar-refractivity contribution in [3.8, 4) is 0 Å². The molecule has 0 aliphatic carbocycles. The molecule has 14 heavy (non-hydrogen) atoms. The van der Waals surface area contributed by atoms with Crippen LogP contribution in [0.5, 0.6) is 0 Å². The van der Waals surface area contributed by atoms with Gasteiger partial charge in [0.2, 0.25) is 0 Å². The number of allylic oxidation sites excluding steroid dienone is 2. The van der Waals surface area contributed by atoms with Gasteiger partial charge in [-0.25, -0.2) is 0 Å². The predicted octanol–water partition coefficient (Wildman–Crippen LogP) is 3.53. The van der Waals surface area contributed by atoms with Gasteiger partial charge in [-0.1, -0.05) is 6.08 Å². The Morgan fingerprint density at radius 2 is 2.07 bits per heavy atom. The summed E-state index contributed by atoms with van der Waals surface area (Å²) >= 11 is 0.462. The van der Waals surface area contributed by atoms with Crippen molar-refractivity contribution in [1.82, 2.24) is 0 Å². The molecular formula is C9H7F3OS. The molecule has 0 aliphatic heterocycles. The zero-order valence-corrected chi connectivity index (χ0v) is 8.08.